The lowest BCUT2D eigenvalue weighted by Gasteiger charge is -2.01. The van der Waals surface area contributed by atoms with Crippen molar-refractivity contribution in [2.75, 3.05) is 0 Å². The van der Waals surface area contributed by atoms with Crippen LogP contribution in [0.25, 0.3) is 5.52 Å². The average molecular weight is 251 g/mol. The van der Waals surface area contributed by atoms with E-state index in [1.807, 2.05) is 0 Å². The molecule has 1 aliphatic carbocycles. The van der Waals surface area contributed by atoms with Crippen LogP contribution in [-0.2, 0) is 0 Å². The summed E-state index contributed by atoms with van der Waals surface area (Å²) in [5.41, 5.74) is 2.36. The quantitative estimate of drug-likeness (QED) is 0.711. The minimum atomic E-state index is 0.690. The Bertz CT molecular complexity index is 497. The largest absolute Gasteiger partial charge is 0.290 e. The second-order valence-electron chi connectivity index (χ2n) is 3.90. The van der Waals surface area contributed by atoms with Gasteiger partial charge in [-0.05, 0) is 47.8 Å². The van der Waals surface area contributed by atoms with Crippen LogP contribution in [0.15, 0.2) is 22.8 Å². The molecule has 3 rings (SSSR count). The van der Waals surface area contributed by atoms with Gasteiger partial charge in [0, 0.05) is 5.92 Å². The molecule has 0 unspecified atom stereocenters. The Morgan fingerprint density at radius 2 is 2.21 bits per heavy atom. The van der Waals surface area contributed by atoms with Crippen LogP contribution < -0.4 is 0 Å². The highest BCUT2D eigenvalue weighted by Gasteiger charge is 2.29. The first-order valence-corrected chi connectivity index (χ1v) is 5.70. The molecule has 2 aromatic heterocycles. The molecule has 0 amide bonds. The third kappa shape index (κ3) is 1.12. The molecule has 2 nitrogen and oxygen atoms in total. The molecule has 2 aromatic rings. The van der Waals surface area contributed by atoms with E-state index in [0.29, 0.717) is 5.92 Å². The highest BCUT2D eigenvalue weighted by atomic mass is 79.9. The molecule has 72 valence electrons. The summed E-state index contributed by atoms with van der Waals surface area (Å²) in [5.74, 6) is 1.92. The highest BCUT2D eigenvalue weighted by molar-refractivity contribution is 9.10. The first-order valence-electron chi connectivity index (χ1n) is 4.91. The van der Waals surface area contributed by atoms with E-state index < -0.39 is 0 Å². The van der Waals surface area contributed by atoms with Crippen LogP contribution in [-0.4, -0.2) is 9.38 Å². The lowest BCUT2D eigenvalue weighted by atomic mass is 10.3. The van der Waals surface area contributed by atoms with E-state index in [-0.39, 0.29) is 0 Å². The van der Waals surface area contributed by atoms with Crippen LogP contribution in [0.4, 0.5) is 0 Å². The predicted molar refractivity (Wildman–Crippen MR) is 59.6 cm³/mol. The topological polar surface area (TPSA) is 17.3 Å². The summed E-state index contributed by atoms with van der Waals surface area (Å²) in [7, 11) is 0. The summed E-state index contributed by atoms with van der Waals surface area (Å²) < 4.78 is 3.34. The maximum absolute atomic E-state index is 4.65. The van der Waals surface area contributed by atoms with E-state index in [0.717, 1.165) is 10.3 Å². The molecule has 14 heavy (non-hydrogen) atoms. The van der Waals surface area contributed by atoms with Crippen molar-refractivity contribution in [3.05, 3.63) is 34.3 Å². The van der Waals surface area contributed by atoms with E-state index in [4.69, 9.17) is 0 Å². The summed E-state index contributed by atoms with van der Waals surface area (Å²) in [5, 5.41) is 0. The molecule has 2 heterocycles. The molecule has 0 aromatic carbocycles. The molecule has 0 bridgehead atoms. The van der Waals surface area contributed by atoms with Gasteiger partial charge in [0.15, 0.2) is 0 Å². The van der Waals surface area contributed by atoms with Crippen molar-refractivity contribution >= 4 is 21.4 Å². The first-order chi connectivity index (χ1) is 6.77. The number of pyridine rings is 1. The number of rotatable bonds is 1. The lowest BCUT2D eigenvalue weighted by molar-refractivity contribution is 0.904. The molecule has 3 heteroatoms. The monoisotopic (exact) mass is 250 g/mol. The molecule has 0 radical (unpaired) electrons. The summed E-state index contributed by atoms with van der Waals surface area (Å²) in [6, 6.07) is 6.25. The third-order valence-corrected chi connectivity index (χ3v) is 3.39. The van der Waals surface area contributed by atoms with E-state index in [2.05, 4.69) is 50.4 Å². The molecule has 0 saturated heterocycles. The number of aromatic nitrogens is 2. The first kappa shape index (κ1) is 8.48. The summed E-state index contributed by atoms with van der Waals surface area (Å²) in [4.78, 5) is 4.65. The van der Waals surface area contributed by atoms with Crippen LogP contribution in [0.1, 0.15) is 30.3 Å². The number of hydrogen-bond donors (Lipinski definition) is 0. The zero-order chi connectivity index (χ0) is 9.71. The van der Waals surface area contributed by atoms with E-state index in [9.17, 15) is 0 Å². The number of imidazole rings is 1. The Hall–Kier alpha value is -0.830. The molecular formula is C11H11BrN2. The van der Waals surface area contributed by atoms with Crippen LogP contribution in [0.5, 0.6) is 0 Å². The Morgan fingerprint density at radius 1 is 1.43 bits per heavy atom. The van der Waals surface area contributed by atoms with Crippen LogP contribution in [0.2, 0.25) is 0 Å². The van der Waals surface area contributed by atoms with Gasteiger partial charge in [-0.1, -0.05) is 6.07 Å². The van der Waals surface area contributed by atoms with E-state index >= 15 is 0 Å². The number of aryl methyl sites for hydroxylation is 1. The molecule has 0 atom stereocenters. The molecule has 0 N–H and O–H groups in total. The summed E-state index contributed by atoms with van der Waals surface area (Å²) in [6.45, 7) is 2.08. The fourth-order valence-electron chi connectivity index (χ4n) is 1.89. The van der Waals surface area contributed by atoms with Gasteiger partial charge in [0.05, 0.1) is 15.8 Å². The maximum atomic E-state index is 4.65. The minimum Gasteiger partial charge on any atom is -0.290 e. The van der Waals surface area contributed by atoms with Gasteiger partial charge >= 0.3 is 0 Å². The molecule has 1 saturated carbocycles. The molecule has 0 aliphatic heterocycles. The summed E-state index contributed by atoms with van der Waals surface area (Å²) in [6.07, 6.45) is 2.58. The van der Waals surface area contributed by atoms with Gasteiger partial charge in [0.1, 0.15) is 5.82 Å². The third-order valence-electron chi connectivity index (χ3n) is 2.77. The number of fused-ring (bicyclic) bond motifs is 1. The summed E-state index contributed by atoms with van der Waals surface area (Å²) >= 11 is 3.58. The van der Waals surface area contributed by atoms with Gasteiger partial charge in [0.2, 0.25) is 0 Å². The lowest BCUT2D eigenvalue weighted by Crippen LogP contribution is -1.93. The van der Waals surface area contributed by atoms with Gasteiger partial charge in [-0.25, -0.2) is 4.98 Å². The maximum Gasteiger partial charge on any atom is 0.117 e. The zero-order valence-electron chi connectivity index (χ0n) is 8.00. The normalized spacial score (nSPS) is 16.4. The predicted octanol–water partition coefficient (Wildman–Crippen LogP) is 3.28. The van der Waals surface area contributed by atoms with Gasteiger partial charge < -0.3 is 0 Å². The van der Waals surface area contributed by atoms with Gasteiger partial charge in [0.25, 0.3) is 0 Å². The molecular weight excluding hydrogens is 240 g/mol. The fraction of sp³-hybridized carbons (Fsp3) is 0.364. The van der Waals surface area contributed by atoms with Crippen LogP contribution in [0, 0.1) is 6.92 Å². The van der Waals surface area contributed by atoms with Gasteiger partial charge in [-0.2, -0.15) is 0 Å². The van der Waals surface area contributed by atoms with Crippen molar-refractivity contribution in [3.63, 3.8) is 0 Å². The van der Waals surface area contributed by atoms with Crippen molar-refractivity contribution in [3.8, 4) is 0 Å². The van der Waals surface area contributed by atoms with Gasteiger partial charge in [-0.15, -0.1) is 0 Å². The van der Waals surface area contributed by atoms with Crippen molar-refractivity contribution < 1.29 is 0 Å². The second kappa shape index (κ2) is 2.83. The van der Waals surface area contributed by atoms with Crippen molar-refractivity contribution in [1.82, 2.24) is 9.38 Å². The van der Waals surface area contributed by atoms with Crippen LogP contribution >= 0.6 is 15.9 Å². The highest BCUT2D eigenvalue weighted by Crippen LogP contribution is 2.40. The van der Waals surface area contributed by atoms with E-state index in [1.54, 1.807) is 0 Å². The van der Waals surface area contributed by atoms with Crippen molar-refractivity contribution in [1.29, 1.82) is 0 Å². The Balaban J connectivity index is 2.39. The Kier molecular flexibility index (Phi) is 1.71. The number of hydrogen-bond acceptors (Lipinski definition) is 1. The molecule has 1 fully saturated rings. The smallest absolute Gasteiger partial charge is 0.117 e. The molecule has 1 aliphatic rings. The number of nitrogens with zero attached hydrogens (tertiary/aromatic N) is 2. The van der Waals surface area contributed by atoms with Gasteiger partial charge in [-0.3, -0.25) is 4.40 Å². The van der Waals surface area contributed by atoms with E-state index in [1.165, 1.54) is 24.2 Å². The fourth-order valence-corrected chi connectivity index (χ4v) is 2.42. The standard InChI is InChI=1S/C11H11BrN2/c1-7-9-3-2-4-10(12)14(9)11(13-7)8-5-6-8/h2-4,8H,5-6H2,1H3. The number of halogens is 1. The van der Waals surface area contributed by atoms with Crippen molar-refractivity contribution in [2.45, 2.75) is 25.7 Å². The minimum absolute atomic E-state index is 0.690. The Labute approximate surface area is 91.1 Å². The molecule has 0 spiro atoms. The SMILES string of the molecule is Cc1nc(C2CC2)n2c(Br)cccc12. The van der Waals surface area contributed by atoms with Crippen molar-refractivity contribution in [2.24, 2.45) is 0 Å². The second-order valence-corrected chi connectivity index (χ2v) is 4.71. The zero-order valence-corrected chi connectivity index (χ0v) is 9.58. The average Bonchev–Trinajstić information content (AvgIpc) is 2.94. The Morgan fingerprint density at radius 3 is 2.93 bits per heavy atom. The van der Waals surface area contributed by atoms with Crippen LogP contribution in [0.3, 0.4) is 0 Å².